The summed E-state index contributed by atoms with van der Waals surface area (Å²) in [5.74, 6) is 1.41. The van der Waals surface area contributed by atoms with E-state index in [4.69, 9.17) is 9.47 Å². The molecule has 12 aromatic rings. The summed E-state index contributed by atoms with van der Waals surface area (Å²) in [5, 5.41) is 31.0. The van der Waals surface area contributed by atoms with Crippen LogP contribution in [-0.2, 0) is 5.41 Å². The largest absolute Gasteiger partial charge is 0.490 e. The van der Waals surface area contributed by atoms with Crippen LogP contribution in [-0.4, -0.2) is 35.6 Å². The molecule has 4 nitrogen and oxygen atoms in total. The molecule has 2 unspecified atom stereocenters. The maximum Gasteiger partial charge on any atom is 0.135 e. The lowest BCUT2D eigenvalue weighted by Gasteiger charge is -2.36. The van der Waals surface area contributed by atoms with Crippen molar-refractivity contribution in [2.45, 2.75) is 31.5 Å². The lowest BCUT2D eigenvalue weighted by Crippen LogP contribution is -2.29. The van der Waals surface area contributed by atoms with Gasteiger partial charge in [-0.05, 0) is 161 Å². The van der Waals surface area contributed by atoms with Crippen molar-refractivity contribution in [2.24, 2.45) is 0 Å². The Morgan fingerprint density at radius 2 is 0.573 bits per heavy atom. The second-order valence-electron chi connectivity index (χ2n) is 20.2. The van der Waals surface area contributed by atoms with Crippen molar-refractivity contribution >= 4 is 43.1 Å². The average Bonchev–Trinajstić information content (AvgIpc) is 3.76. The SMILES string of the molecule is CC(O)COc1c(-c2ccc3ccccc3c2)cc(C2(c3cc(-c4ccc5ccccc5c4)c(OCC(C)O)c(-c4ccc5ccccc5c4)c3)c3ccccc3-c3ccccc32)cc1-c1ccc2ccccc2c1. The Hall–Kier alpha value is -8.80. The number of benzene rings is 12. The summed E-state index contributed by atoms with van der Waals surface area (Å²) >= 11 is 0. The molecule has 12 aromatic carbocycles. The van der Waals surface area contributed by atoms with E-state index in [1.165, 1.54) is 0 Å². The number of aliphatic hydroxyl groups is 2. The normalized spacial score (nSPS) is 13.4. The lowest BCUT2D eigenvalue weighted by molar-refractivity contribution is 0.123. The quantitative estimate of drug-likeness (QED) is 0.128. The van der Waals surface area contributed by atoms with Crippen LogP contribution in [0.5, 0.6) is 11.5 Å². The Morgan fingerprint density at radius 3 is 0.867 bits per heavy atom. The molecule has 13 rings (SSSR count). The van der Waals surface area contributed by atoms with Crippen LogP contribution in [0.2, 0.25) is 0 Å². The standard InChI is InChI=1S/C71H54O4/c1-45(72)43-74-69-63(55-31-27-47-15-3-7-19-51(47)35-55)39-59(40-64(69)56-32-28-48-16-4-8-20-52(48)36-56)71(67-25-13-11-23-61(67)62-24-12-14-26-68(62)71)60-41-65(57-33-29-49-17-5-9-21-53(49)37-57)70(75-44-46(2)73)66(42-60)58-34-30-50-18-6-10-22-54(50)38-58/h3-42,45-46,72-73H,43-44H2,1-2H3. The third kappa shape index (κ3) is 8.11. The number of hydrogen-bond donors (Lipinski definition) is 2. The van der Waals surface area contributed by atoms with E-state index in [9.17, 15) is 10.2 Å². The van der Waals surface area contributed by atoms with Gasteiger partial charge < -0.3 is 19.7 Å². The average molecular weight is 971 g/mol. The fraction of sp³-hybridized carbons (Fsp3) is 0.0986. The molecule has 75 heavy (non-hydrogen) atoms. The molecule has 0 aromatic heterocycles. The van der Waals surface area contributed by atoms with E-state index >= 15 is 0 Å². The number of ether oxygens (including phenoxy) is 2. The second-order valence-corrected chi connectivity index (χ2v) is 20.2. The molecule has 0 bridgehead atoms. The first-order chi connectivity index (χ1) is 36.8. The van der Waals surface area contributed by atoms with Gasteiger partial charge >= 0.3 is 0 Å². The van der Waals surface area contributed by atoms with Gasteiger partial charge in [0, 0.05) is 22.3 Å². The molecule has 0 saturated carbocycles. The zero-order valence-electron chi connectivity index (χ0n) is 41.9. The predicted molar refractivity (Wildman–Crippen MR) is 310 cm³/mol. The highest BCUT2D eigenvalue weighted by molar-refractivity contribution is 5.98. The van der Waals surface area contributed by atoms with Crippen LogP contribution in [0, 0.1) is 0 Å². The van der Waals surface area contributed by atoms with Crippen molar-refractivity contribution in [1.29, 1.82) is 0 Å². The maximum absolute atomic E-state index is 11.0. The van der Waals surface area contributed by atoms with Crippen LogP contribution in [0.25, 0.3) is 98.7 Å². The van der Waals surface area contributed by atoms with Crippen molar-refractivity contribution in [2.75, 3.05) is 13.2 Å². The van der Waals surface area contributed by atoms with Gasteiger partial charge in [0.05, 0.1) is 17.6 Å². The van der Waals surface area contributed by atoms with Crippen LogP contribution in [0.1, 0.15) is 36.1 Å². The van der Waals surface area contributed by atoms with Crippen LogP contribution in [0.3, 0.4) is 0 Å². The van der Waals surface area contributed by atoms with Crippen molar-refractivity contribution < 1.29 is 19.7 Å². The summed E-state index contributed by atoms with van der Waals surface area (Å²) in [4.78, 5) is 0. The van der Waals surface area contributed by atoms with Gasteiger partial charge in [-0.1, -0.05) is 194 Å². The first kappa shape index (κ1) is 46.0. The predicted octanol–water partition coefficient (Wildman–Crippen LogP) is 16.8. The molecule has 2 N–H and O–H groups in total. The Kier molecular flexibility index (Phi) is 11.6. The molecule has 0 heterocycles. The molecule has 0 aliphatic heterocycles. The maximum atomic E-state index is 11.0. The van der Waals surface area contributed by atoms with E-state index in [0.29, 0.717) is 11.5 Å². The number of fused-ring (bicyclic) bond motifs is 7. The van der Waals surface area contributed by atoms with Gasteiger partial charge in [0.2, 0.25) is 0 Å². The minimum atomic E-state index is -0.923. The molecule has 1 aliphatic rings. The molecule has 0 fully saturated rings. The number of hydrogen-bond acceptors (Lipinski definition) is 4. The summed E-state index contributed by atoms with van der Waals surface area (Å²) in [6, 6.07) is 87.8. The minimum Gasteiger partial charge on any atom is -0.490 e. The van der Waals surface area contributed by atoms with Gasteiger partial charge in [-0.25, -0.2) is 0 Å². The highest BCUT2D eigenvalue weighted by Gasteiger charge is 2.47. The summed E-state index contributed by atoms with van der Waals surface area (Å²) in [7, 11) is 0. The molecule has 1 aliphatic carbocycles. The van der Waals surface area contributed by atoms with E-state index in [-0.39, 0.29) is 13.2 Å². The smallest absolute Gasteiger partial charge is 0.135 e. The lowest BCUT2D eigenvalue weighted by atomic mass is 9.66. The zero-order valence-corrected chi connectivity index (χ0v) is 41.9. The first-order valence-corrected chi connectivity index (χ1v) is 25.9. The van der Waals surface area contributed by atoms with E-state index in [1.54, 1.807) is 13.8 Å². The van der Waals surface area contributed by atoms with Gasteiger partial charge in [-0.15, -0.1) is 0 Å². The number of aliphatic hydroxyl groups excluding tert-OH is 2. The summed E-state index contributed by atoms with van der Waals surface area (Å²) < 4.78 is 13.9. The molecule has 0 saturated heterocycles. The zero-order chi connectivity index (χ0) is 50.6. The van der Waals surface area contributed by atoms with Gasteiger partial charge in [-0.2, -0.15) is 0 Å². The second kappa shape index (κ2) is 18.9. The van der Waals surface area contributed by atoms with E-state index in [0.717, 1.165) is 121 Å². The molecule has 0 spiro atoms. The third-order valence-electron chi connectivity index (χ3n) is 15.2. The van der Waals surface area contributed by atoms with Crippen molar-refractivity contribution in [1.82, 2.24) is 0 Å². The van der Waals surface area contributed by atoms with Crippen LogP contribution >= 0.6 is 0 Å². The Balaban J connectivity index is 1.20. The topological polar surface area (TPSA) is 58.9 Å². The summed E-state index contributed by atoms with van der Waals surface area (Å²) in [6.07, 6.45) is -1.43. The van der Waals surface area contributed by atoms with Crippen LogP contribution < -0.4 is 9.47 Å². The summed E-state index contributed by atoms with van der Waals surface area (Å²) in [5.41, 5.74) is 13.5. The fourth-order valence-corrected chi connectivity index (χ4v) is 11.7. The molecule has 0 radical (unpaired) electrons. The van der Waals surface area contributed by atoms with E-state index in [1.807, 2.05) is 0 Å². The molecule has 2 atom stereocenters. The third-order valence-corrected chi connectivity index (χ3v) is 15.2. The number of rotatable bonds is 12. The van der Waals surface area contributed by atoms with Crippen molar-refractivity contribution in [3.63, 3.8) is 0 Å². The van der Waals surface area contributed by atoms with E-state index in [2.05, 4.69) is 243 Å². The molecule has 4 heteroatoms. The van der Waals surface area contributed by atoms with Gasteiger partial charge in [0.25, 0.3) is 0 Å². The fourth-order valence-electron chi connectivity index (χ4n) is 11.7. The molecular weight excluding hydrogens is 917 g/mol. The van der Waals surface area contributed by atoms with Crippen LogP contribution in [0.4, 0.5) is 0 Å². The van der Waals surface area contributed by atoms with Crippen molar-refractivity contribution in [3.8, 4) is 67.1 Å². The summed E-state index contributed by atoms with van der Waals surface area (Å²) in [6.45, 7) is 3.76. The monoisotopic (exact) mass is 970 g/mol. The van der Waals surface area contributed by atoms with Crippen LogP contribution in [0.15, 0.2) is 243 Å². The van der Waals surface area contributed by atoms with Gasteiger partial charge in [-0.3, -0.25) is 0 Å². The molecular formula is C71H54O4. The highest BCUT2D eigenvalue weighted by Crippen LogP contribution is 2.60. The molecule has 0 amide bonds. The Morgan fingerprint density at radius 1 is 0.307 bits per heavy atom. The minimum absolute atomic E-state index is 0.107. The van der Waals surface area contributed by atoms with Gasteiger partial charge in [0.1, 0.15) is 24.7 Å². The highest BCUT2D eigenvalue weighted by atomic mass is 16.5. The van der Waals surface area contributed by atoms with Crippen molar-refractivity contribution in [3.05, 3.63) is 265 Å². The van der Waals surface area contributed by atoms with E-state index < -0.39 is 17.6 Å². The Bertz CT molecular complexity index is 3700. The first-order valence-electron chi connectivity index (χ1n) is 25.9. The molecule has 362 valence electrons. The Labute approximate surface area is 437 Å². The van der Waals surface area contributed by atoms with Gasteiger partial charge in [0.15, 0.2) is 0 Å².